The summed E-state index contributed by atoms with van der Waals surface area (Å²) in [5.41, 5.74) is 0.0962. The third-order valence-corrected chi connectivity index (χ3v) is 5.04. The minimum atomic E-state index is -1.22. The Bertz CT molecular complexity index is 674. The van der Waals surface area contributed by atoms with Crippen molar-refractivity contribution in [3.05, 3.63) is 42.2 Å². The molecule has 1 amide bonds. The SMILES string of the molecule is C[C@H](c1cccnc1)N1C[C@@]23C=C[C@H](O2)[C@H](C(=O)[O-])[C@@H]3C1=O. The normalized spacial score (nSPS) is 36.7. The predicted molar refractivity (Wildman–Crippen MR) is 73.1 cm³/mol. The Morgan fingerprint density at radius 1 is 1.59 bits per heavy atom. The number of likely N-dealkylation sites (tertiary alicyclic amines) is 1. The third kappa shape index (κ3) is 1.61. The number of amides is 1. The fraction of sp³-hybridized carbons (Fsp3) is 0.438. The van der Waals surface area contributed by atoms with E-state index in [4.69, 9.17) is 4.74 Å². The zero-order chi connectivity index (χ0) is 15.5. The van der Waals surface area contributed by atoms with Gasteiger partial charge >= 0.3 is 0 Å². The summed E-state index contributed by atoms with van der Waals surface area (Å²) in [7, 11) is 0. The number of carbonyl (C=O) groups is 2. The highest BCUT2D eigenvalue weighted by atomic mass is 16.5. The molecule has 0 unspecified atom stereocenters. The smallest absolute Gasteiger partial charge is 0.230 e. The van der Waals surface area contributed by atoms with E-state index in [0.717, 1.165) is 5.56 Å². The van der Waals surface area contributed by atoms with Crippen molar-refractivity contribution in [1.29, 1.82) is 0 Å². The number of ether oxygens (including phenoxy) is 1. The molecule has 22 heavy (non-hydrogen) atoms. The number of hydrogen-bond acceptors (Lipinski definition) is 5. The van der Waals surface area contributed by atoms with Gasteiger partial charge in [0.2, 0.25) is 5.91 Å². The Kier molecular flexibility index (Phi) is 2.69. The number of pyridine rings is 1. The minimum Gasteiger partial charge on any atom is -0.550 e. The van der Waals surface area contributed by atoms with Crippen LogP contribution in [-0.4, -0.2) is 40.0 Å². The third-order valence-electron chi connectivity index (χ3n) is 5.04. The maximum atomic E-state index is 12.8. The van der Waals surface area contributed by atoms with Crippen molar-refractivity contribution in [2.75, 3.05) is 6.54 Å². The number of carbonyl (C=O) groups excluding carboxylic acids is 2. The molecule has 6 nitrogen and oxygen atoms in total. The van der Waals surface area contributed by atoms with Gasteiger partial charge in [0.25, 0.3) is 0 Å². The van der Waals surface area contributed by atoms with Gasteiger partial charge < -0.3 is 19.5 Å². The number of carboxylic acids is 1. The van der Waals surface area contributed by atoms with Crippen LogP contribution in [0.15, 0.2) is 36.7 Å². The molecule has 3 aliphatic heterocycles. The zero-order valence-electron chi connectivity index (χ0n) is 12.0. The lowest BCUT2D eigenvalue weighted by Gasteiger charge is -2.27. The molecule has 0 N–H and O–H groups in total. The highest BCUT2D eigenvalue weighted by Crippen LogP contribution is 2.52. The number of fused-ring (bicyclic) bond motifs is 1. The summed E-state index contributed by atoms with van der Waals surface area (Å²) in [5, 5.41) is 11.4. The lowest BCUT2D eigenvalue weighted by Crippen LogP contribution is -2.45. The molecular formula is C16H15N2O4-. The van der Waals surface area contributed by atoms with Gasteiger partial charge in [0.15, 0.2) is 0 Å². The Morgan fingerprint density at radius 2 is 2.41 bits per heavy atom. The quantitative estimate of drug-likeness (QED) is 0.714. The van der Waals surface area contributed by atoms with Crippen LogP contribution in [0.5, 0.6) is 0 Å². The first-order valence-electron chi connectivity index (χ1n) is 7.32. The molecule has 2 saturated heterocycles. The van der Waals surface area contributed by atoms with Crippen LogP contribution < -0.4 is 5.11 Å². The number of nitrogens with zero attached hydrogens (tertiary/aromatic N) is 2. The molecule has 0 aliphatic carbocycles. The van der Waals surface area contributed by atoms with Gasteiger partial charge in [-0.05, 0) is 18.6 Å². The molecule has 0 saturated carbocycles. The molecule has 4 heterocycles. The first-order valence-corrected chi connectivity index (χ1v) is 7.32. The monoisotopic (exact) mass is 299 g/mol. The van der Waals surface area contributed by atoms with Gasteiger partial charge in [-0.1, -0.05) is 18.2 Å². The number of carboxylic acid groups (broad SMARTS) is 1. The molecule has 1 spiro atoms. The van der Waals surface area contributed by atoms with Gasteiger partial charge in [-0.3, -0.25) is 9.78 Å². The summed E-state index contributed by atoms with van der Waals surface area (Å²) in [6.07, 6.45) is 6.43. The molecule has 0 aromatic carbocycles. The lowest BCUT2D eigenvalue weighted by molar-refractivity contribution is -0.313. The van der Waals surface area contributed by atoms with Crippen LogP contribution in [0.3, 0.4) is 0 Å². The fourth-order valence-corrected chi connectivity index (χ4v) is 3.93. The van der Waals surface area contributed by atoms with Gasteiger partial charge in [-0.25, -0.2) is 0 Å². The Labute approximate surface area is 127 Å². The van der Waals surface area contributed by atoms with Crippen LogP contribution in [0, 0.1) is 11.8 Å². The van der Waals surface area contributed by atoms with E-state index in [1.165, 1.54) is 0 Å². The van der Waals surface area contributed by atoms with Crippen molar-refractivity contribution in [3.63, 3.8) is 0 Å². The number of hydrogen-bond donors (Lipinski definition) is 0. The van der Waals surface area contributed by atoms with Crippen LogP contribution in [0.2, 0.25) is 0 Å². The minimum absolute atomic E-state index is 0.181. The molecule has 5 atom stereocenters. The molecule has 3 aliphatic rings. The number of rotatable bonds is 3. The second-order valence-electron chi connectivity index (χ2n) is 6.15. The molecule has 1 aromatic rings. The second kappa shape index (κ2) is 4.39. The highest BCUT2D eigenvalue weighted by molar-refractivity contribution is 5.90. The van der Waals surface area contributed by atoms with Crippen LogP contribution in [-0.2, 0) is 14.3 Å². The van der Waals surface area contributed by atoms with Crippen LogP contribution in [0.4, 0.5) is 0 Å². The van der Waals surface area contributed by atoms with Gasteiger partial charge in [-0.15, -0.1) is 0 Å². The Hall–Kier alpha value is -2.21. The molecule has 4 rings (SSSR count). The van der Waals surface area contributed by atoms with Gasteiger partial charge in [0.1, 0.15) is 5.60 Å². The summed E-state index contributed by atoms with van der Waals surface area (Å²) in [5.74, 6) is -2.99. The molecule has 2 bridgehead atoms. The van der Waals surface area contributed by atoms with Crippen molar-refractivity contribution in [2.45, 2.75) is 24.7 Å². The van der Waals surface area contributed by atoms with E-state index >= 15 is 0 Å². The van der Waals surface area contributed by atoms with Crippen molar-refractivity contribution < 1.29 is 19.4 Å². The van der Waals surface area contributed by atoms with E-state index in [9.17, 15) is 14.7 Å². The van der Waals surface area contributed by atoms with Gasteiger partial charge in [0, 0.05) is 24.3 Å². The average Bonchev–Trinajstić information content (AvgIpc) is 3.15. The summed E-state index contributed by atoms with van der Waals surface area (Å²) in [6, 6.07) is 3.54. The topological polar surface area (TPSA) is 82.6 Å². The summed E-state index contributed by atoms with van der Waals surface area (Å²) >= 11 is 0. The van der Waals surface area contributed by atoms with Crippen LogP contribution in [0.25, 0.3) is 0 Å². The zero-order valence-corrected chi connectivity index (χ0v) is 12.0. The first kappa shape index (κ1) is 13.5. The first-order chi connectivity index (χ1) is 10.5. The standard InChI is InChI=1S/C16H16N2O4/c1-9(10-3-2-6-17-7-10)18-8-16-5-4-11(22-16)12(15(20)21)13(16)14(18)19/h2-7,9,11-13H,8H2,1H3,(H,20,21)/p-1/t9-,11+,12+,13-,16-/m1/s1. The molecule has 2 fully saturated rings. The largest absolute Gasteiger partial charge is 0.550 e. The second-order valence-corrected chi connectivity index (χ2v) is 6.15. The van der Waals surface area contributed by atoms with Crippen molar-refractivity contribution in [2.24, 2.45) is 11.8 Å². The van der Waals surface area contributed by atoms with E-state index in [2.05, 4.69) is 4.98 Å². The molecule has 0 radical (unpaired) electrons. The number of aromatic nitrogens is 1. The Balaban J connectivity index is 1.68. The summed E-state index contributed by atoms with van der Waals surface area (Å²) in [4.78, 5) is 30.0. The molecule has 6 heteroatoms. The lowest BCUT2D eigenvalue weighted by atomic mass is 9.77. The molecule has 1 aromatic heterocycles. The van der Waals surface area contributed by atoms with Gasteiger partial charge in [-0.2, -0.15) is 0 Å². The van der Waals surface area contributed by atoms with E-state index in [1.807, 2.05) is 25.1 Å². The Morgan fingerprint density at radius 3 is 3.09 bits per heavy atom. The predicted octanol–water partition coefficient (Wildman–Crippen LogP) is -0.326. The van der Waals surface area contributed by atoms with Gasteiger partial charge in [0.05, 0.1) is 24.6 Å². The maximum Gasteiger partial charge on any atom is 0.230 e. The van der Waals surface area contributed by atoms with E-state index < -0.39 is 29.5 Å². The van der Waals surface area contributed by atoms with E-state index in [0.29, 0.717) is 6.54 Å². The van der Waals surface area contributed by atoms with Crippen molar-refractivity contribution in [1.82, 2.24) is 9.88 Å². The summed E-state index contributed by atoms with van der Waals surface area (Å²) < 4.78 is 5.83. The highest BCUT2D eigenvalue weighted by Gasteiger charge is 2.65. The van der Waals surface area contributed by atoms with Crippen LogP contribution >= 0.6 is 0 Å². The van der Waals surface area contributed by atoms with Crippen molar-refractivity contribution in [3.8, 4) is 0 Å². The van der Waals surface area contributed by atoms with Crippen molar-refractivity contribution >= 4 is 11.9 Å². The fourth-order valence-electron chi connectivity index (χ4n) is 3.93. The average molecular weight is 299 g/mol. The number of aliphatic carboxylic acids is 1. The summed E-state index contributed by atoms with van der Waals surface area (Å²) in [6.45, 7) is 2.28. The molecule has 114 valence electrons. The maximum absolute atomic E-state index is 12.8. The van der Waals surface area contributed by atoms with E-state index in [-0.39, 0.29) is 11.9 Å². The van der Waals surface area contributed by atoms with E-state index in [1.54, 1.807) is 23.4 Å². The van der Waals surface area contributed by atoms with Crippen LogP contribution in [0.1, 0.15) is 18.5 Å². The molecular weight excluding hydrogens is 284 g/mol.